The zero-order chi connectivity index (χ0) is 18.6. The molecule has 1 fully saturated rings. The molecule has 0 aromatic heterocycles. The minimum absolute atomic E-state index is 0.0550. The first kappa shape index (κ1) is 18.2. The summed E-state index contributed by atoms with van der Waals surface area (Å²) in [5, 5.41) is 0. The molecule has 0 heterocycles. The van der Waals surface area contributed by atoms with E-state index in [4.69, 9.17) is 4.43 Å². The second-order valence-corrected chi connectivity index (χ2v) is 13.9. The van der Waals surface area contributed by atoms with E-state index in [-0.39, 0.29) is 17.3 Å². The Labute approximate surface area is 153 Å². The fraction of sp³-hybridized carbons (Fsp3) is 0.500. The minimum Gasteiger partial charge on any atom is -0.548 e. The maximum absolute atomic E-state index is 13.5. The summed E-state index contributed by atoms with van der Waals surface area (Å²) in [5.74, 6) is 1.22. The van der Waals surface area contributed by atoms with Crippen LogP contribution in [0.2, 0.25) is 19.6 Å². The van der Waals surface area contributed by atoms with Gasteiger partial charge in [-0.3, -0.25) is 4.79 Å². The summed E-state index contributed by atoms with van der Waals surface area (Å²) in [6, 6.07) is 10.4. The standard InChI is InChI=1S/C22H30O2Si/c1-15-18(16-11-9-8-10-12-16)22(4)14-17(24-25(5,6)7)13-21(2,3)19(15)20(22)23/h8-13,18-19H,1,14H2,2-7H3/t18-,19+,22-/m0/s1. The summed E-state index contributed by atoms with van der Waals surface area (Å²) < 4.78 is 6.40. The van der Waals surface area contributed by atoms with Gasteiger partial charge in [0.1, 0.15) is 5.78 Å². The van der Waals surface area contributed by atoms with Gasteiger partial charge in [-0.2, -0.15) is 0 Å². The van der Waals surface area contributed by atoms with Gasteiger partial charge in [-0.25, -0.2) is 0 Å². The van der Waals surface area contributed by atoms with Gasteiger partial charge in [0, 0.05) is 23.7 Å². The first-order valence-electron chi connectivity index (χ1n) is 9.14. The van der Waals surface area contributed by atoms with Crippen LogP contribution in [0, 0.1) is 16.7 Å². The molecule has 3 atom stereocenters. The molecule has 1 saturated carbocycles. The van der Waals surface area contributed by atoms with E-state index in [2.05, 4.69) is 65.2 Å². The van der Waals surface area contributed by atoms with Gasteiger partial charge in [0.05, 0.1) is 5.76 Å². The SMILES string of the molecule is C=C1[C@@H]2C(=O)[C@@](C)(CC(O[Si](C)(C)C)=CC2(C)C)[C@@H]1c1ccccc1. The average Bonchev–Trinajstić information content (AvgIpc) is 2.59. The van der Waals surface area contributed by atoms with Crippen molar-refractivity contribution in [1.82, 2.24) is 0 Å². The van der Waals surface area contributed by atoms with Crippen LogP contribution in [0.3, 0.4) is 0 Å². The van der Waals surface area contributed by atoms with Gasteiger partial charge in [0.2, 0.25) is 8.32 Å². The molecule has 2 bridgehead atoms. The molecule has 0 amide bonds. The molecular formula is C22H30O2Si. The number of Topliss-reactive ketones (excluding diaryl/α,β-unsaturated/α-hetero) is 1. The Hall–Kier alpha value is -1.61. The maximum atomic E-state index is 13.5. The van der Waals surface area contributed by atoms with E-state index in [1.54, 1.807) is 0 Å². The van der Waals surface area contributed by atoms with Crippen LogP contribution >= 0.6 is 0 Å². The van der Waals surface area contributed by atoms with Crippen molar-refractivity contribution in [1.29, 1.82) is 0 Å². The predicted octanol–water partition coefficient (Wildman–Crippen LogP) is 5.70. The molecule has 0 radical (unpaired) electrons. The van der Waals surface area contributed by atoms with E-state index >= 15 is 0 Å². The largest absolute Gasteiger partial charge is 0.548 e. The molecule has 2 aliphatic carbocycles. The smallest absolute Gasteiger partial charge is 0.241 e. The molecule has 25 heavy (non-hydrogen) atoms. The van der Waals surface area contributed by atoms with E-state index in [1.807, 2.05) is 18.2 Å². The lowest BCUT2D eigenvalue weighted by atomic mass is 9.71. The number of carbonyl (C=O) groups excluding carboxylic acids is 1. The highest BCUT2D eigenvalue weighted by Crippen LogP contribution is 2.61. The van der Waals surface area contributed by atoms with Gasteiger partial charge in [-0.15, -0.1) is 0 Å². The van der Waals surface area contributed by atoms with Crippen molar-refractivity contribution >= 4 is 14.1 Å². The van der Waals surface area contributed by atoms with Crippen LogP contribution in [0.5, 0.6) is 0 Å². The van der Waals surface area contributed by atoms with Gasteiger partial charge in [-0.05, 0) is 36.7 Å². The molecule has 1 aromatic rings. The lowest BCUT2D eigenvalue weighted by Crippen LogP contribution is -2.32. The molecule has 2 nitrogen and oxygen atoms in total. The fourth-order valence-corrected chi connectivity index (χ4v) is 5.74. The quantitative estimate of drug-likeness (QED) is 0.514. The molecular weight excluding hydrogens is 324 g/mol. The van der Waals surface area contributed by atoms with Crippen molar-refractivity contribution in [2.24, 2.45) is 16.7 Å². The van der Waals surface area contributed by atoms with E-state index in [1.165, 1.54) is 5.56 Å². The highest BCUT2D eigenvalue weighted by atomic mass is 28.4. The third-order valence-corrected chi connectivity index (χ3v) is 6.47. The molecule has 1 aromatic carbocycles. The second kappa shape index (κ2) is 5.70. The number of rotatable bonds is 3. The molecule has 3 heteroatoms. The summed E-state index contributed by atoms with van der Waals surface area (Å²) in [6.07, 6.45) is 2.86. The Bertz CT molecular complexity index is 739. The van der Waals surface area contributed by atoms with Crippen LogP contribution in [0.4, 0.5) is 0 Å². The number of allylic oxidation sites excluding steroid dienone is 3. The first-order chi connectivity index (χ1) is 11.5. The molecule has 0 N–H and O–H groups in total. The van der Waals surface area contributed by atoms with Gasteiger partial charge in [-0.1, -0.05) is 63.3 Å². The highest BCUT2D eigenvalue weighted by molar-refractivity contribution is 6.70. The summed E-state index contributed by atoms with van der Waals surface area (Å²) in [7, 11) is -1.73. The lowest BCUT2D eigenvalue weighted by Gasteiger charge is -2.35. The van der Waals surface area contributed by atoms with Crippen molar-refractivity contribution in [2.75, 3.05) is 0 Å². The van der Waals surface area contributed by atoms with Gasteiger partial charge in [0.15, 0.2) is 0 Å². The van der Waals surface area contributed by atoms with Gasteiger partial charge < -0.3 is 4.43 Å². The zero-order valence-electron chi connectivity index (χ0n) is 16.3. The first-order valence-corrected chi connectivity index (χ1v) is 12.6. The van der Waals surface area contributed by atoms with Crippen molar-refractivity contribution in [3.63, 3.8) is 0 Å². The van der Waals surface area contributed by atoms with Crippen LogP contribution in [-0.2, 0) is 9.22 Å². The van der Waals surface area contributed by atoms with Crippen molar-refractivity contribution in [2.45, 2.75) is 52.8 Å². The molecule has 3 rings (SSSR count). The molecule has 0 saturated heterocycles. The predicted molar refractivity (Wildman–Crippen MR) is 106 cm³/mol. The fourth-order valence-electron chi connectivity index (χ4n) is 4.82. The molecule has 0 spiro atoms. The number of benzene rings is 1. The Balaban J connectivity index is 2.13. The van der Waals surface area contributed by atoms with E-state index in [0.29, 0.717) is 12.2 Å². The summed E-state index contributed by atoms with van der Waals surface area (Å²) >= 11 is 0. The molecule has 2 aliphatic rings. The summed E-state index contributed by atoms with van der Waals surface area (Å²) in [5.41, 5.74) is 1.50. The lowest BCUT2D eigenvalue weighted by molar-refractivity contribution is -0.130. The Kier molecular flexibility index (Phi) is 4.15. The van der Waals surface area contributed by atoms with Crippen molar-refractivity contribution < 1.29 is 9.22 Å². The van der Waals surface area contributed by atoms with Crippen molar-refractivity contribution in [3.8, 4) is 0 Å². The molecule has 0 unspecified atom stereocenters. The number of ketones is 1. The molecule has 0 aliphatic heterocycles. The number of hydrogen-bond acceptors (Lipinski definition) is 2. The highest BCUT2D eigenvalue weighted by Gasteiger charge is 2.59. The number of fused-ring (bicyclic) bond motifs is 2. The number of carbonyl (C=O) groups is 1. The van der Waals surface area contributed by atoms with E-state index in [0.717, 1.165) is 11.3 Å². The minimum atomic E-state index is -1.73. The van der Waals surface area contributed by atoms with Crippen molar-refractivity contribution in [3.05, 3.63) is 59.9 Å². The molecule has 134 valence electrons. The summed E-state index contributed by atoms with van der Waals surface area (Å²) in [6.45, 7) is 17.4. The topological polar surface area (TPSA) is 26.3 Å². The van der Waals surface area contributed by atoms with Crippen LogP contribution in [0.25, 0.3) is 0 Å². The Morgan fingerprint density at radius 2 is 1.68 bits per heavy atom. The normalized spacial score (nSPS) is 31.5. The second-order valence-electron chi connectivity index (χ2n) is 9.46. The van der Waals surface area contributed by atoms with Crippen LogP contribution in [0.1, 0.15) is 38.7 Å². The van der Waals surface area contributed by atoms with E-state index in [9.17, 15) is 4.79 Å². The van der Waals surface area contributed by atoms with Crippen LogP contribution < -0.4 is 0 Å². The average molecular weight is 355 g/mol. The van der Waals surface area contributed by atoms with Crippen LogP contribution in [-0.4, -0.2) is 14.1 Å². The maximum Gasteiger partial charge on any atom is 0.241 e. The Morgan fingerprint density at radius 3 is 2.24 bits per heavy atom. The number of hydrogen-bond donors (Lipinski definition) is 0. The zero-order valence-corrected chi connectivity index (χ0v) is 17.3. The summed E-state index contributed by atoms with van der Waals surface area (Å²) in [4.78, 5) is 13.5. The van der Waals surface area contributed by atoms with Gasteiger partial charge >= 0.3 is 0 Å². The van der Waals surface area contributed by atoms with Crippen LogP contribution in [0.15, 0.2) is 54.3 Å². The van der Waals surface area contributed by atoms with Gasteiger partial charge in [0.25, 0.3) is 0 Å². The van der Waals surface area contributed by atoms with E-state index < -0.39 is 13.7 Å². The Morgan fingerprint density at radius 1 is 1.08 bits per heavy atom. The third-order valence-electron chi connectivity index (χ3n) is 5.59. The monoisotopic (exact) mass is 354 g/mol. The third kappa shape index (κ3) is 3.03.